The summed E-state index contributed by atoms with van der Waals surface area (Å²) in [5.74, 6) is -0.609. The van der Waals surface area contributed by atoms with E-state index in [9.17, 15) is 19.6 Å². The van der Waals surface area contributed by atoms with Crippen LogP contribution in [0.2, 0.25) is 0 Å². The fraction of sp³-hybridized carbons (Fsp3) is 0.423. The summed E-state index contributed by atoms with van der Waals surface area (Å²) in [5, 5.41) is 12.3. The number of ether oxygens (including phenoxy) is 1. The maximum absolute atomic E-state index is 13.7. The maximum Gasteiger partial charge on any atom is 0.328 e. The number of nitrogens with zero attached hydrogens (tertiary/aromatic N) is 4. The number of esters is 1. The molecule has 1 saturated heterocycles. The number of hydrogen-bond acceptors (Lipinski definition) is 8. The minimum atomic E-state index is -0.802. The monoisotopic (exact) mass is 507 g/mol. The van der Waals surface area contributed by atoms with Gasteiger partial charge in [-0.3, -0.25) is 14.2 Å². The average molecular weight is 508 g/mol. The number of fused-ring (bicyclic) bond motifs is 1. The fourth-order valence-corrected chi connectivity index (χ4v) is 5.31. The predicted molar refractivity (Wildman–Crippen MR) is 138 cm³/mol. The average Bonchev–Trinajstić information content (AvgIpc) is 3.33. The second-order valence-electron chi connectivity index (χ2n) is 9.16. The molecule has 36 heavy (non-hydrogen) atoms. The Labute approximate surface area is 213 Å². The molecule has 1 aliphatic rings. The first-order valence-corrected chi connectivity index (χ1v) is 12.8. The van der Waals surface area contributed by atoms with Gasteiger partial charge in [-0.2, -0.15) is 5.26 Å². The molecule has 3 aromatic rings. The van der Waals surface area contributed by atoms with Crippen molar-refractivity contribution in [3.05, 3.63) is 56.7 Å². The molecule has 1 unspecified atom stereocenters. The molecule has 0 saturated carbocycles. The van der Waals surface area contributed by atoms with Crippen molar-refractivity contribution in [3.63, 3.8) is 0 Å². The number of hydrogen-bond donors (Lipinski definition) is 1. The quantitative estimate of drug-likeness (QED) is 0.488. The van der Waals surface area contributed by atoms with Gasteiger partial charge in [0, 0.05) is 13.1 Å². The Morgan fingerprint density at radius 1 is 1.22 bits per heavy atom. The van der Waals surface area contributed by atoms with E-state index >= 15 is 0 Å². The van der Waals surface area contributed by atoms with Gasteiger partial charge in [0.05, 0.1) is 35.7 Å². The Balaban J connectivity index is 1.78. The largest absolute Gasteiger partial charge is 0.467 e. The number of piperidine rings is 1. The molecule has 1 aromatic carbocycles. The van der Waals surface area contributed by atoms with Crippen LogP contribution < -0.4 is 15.8 Å². The van der Waals surface area contributed by atoms with E-state index in [-0.39, 0.29) is 18.0 Å². The van der Waals surface area contributed by atoms with Gasteiger partial charge in [-0.15, -0.1) is 11.3 Å². The summed E-state index contributed by atoms with van der Waals surface area (Å²) in [7, 11) is 1.28. The van der Waals surface area contributed by atoms with Crippen molar-refractivity contribution in [2.75, 3.05) is 25.1 Å². The second-order valence-corrected chi connectivity index (χ2v) is 10.2. The highest BCUT2D eigenvalue weighted by molar-refractivity contribution is 7.20. The molecule has 0 bridgehead atoms. The molecule has 1 fully saturated rings. The van der Waals surface area contributed by atoms with Gasteiger partial charge in [0.2, 0.25) is 5.95 Å². The highest BCUT2D eigenvalue weighted by Crippen LogP contribution is 2.26. The molecule has 0 spiro atoms. The molecule has 1 atom stereocenters. The lowest BCUT2D eigenvalue weighted by Gasteiger charge is -2.29. The second kappa shape index (κ2) is 10.9. The topological polar surface area (TPSA) is 117 Å². The number of nitriles is 1. The summed E-state index contributed by atoms with van der Waals surface area (Å²) in [5.41, 5.74) is 1.42. The molecule has 4 rings (SSSR count). The smallest absolute Gasteiger partial charge is 0.328 e. The van der Waals surface area contributed by atoms with Gasteiger partial charge in [-0.05, 0) is 42.9 Å². The normalized spacial score (nSPS) is 14.5. The van der Waals surface area contributed by atoms with Crippen LogP contribution in [0.1, 0.15) is 53.9 Å². The van der Waals surface area contributed by atoms with Crippen LogP contribution in [-0.4, -0.2) is 47.7 Å². The third-order valence-corrected chi connectivity index (χ3v) is 7.46. The number of anilines is 1. The summed E-state index contributed by atoms with van der Waals surface area (Å²) in [6.07, 6.45) is 3.13. The SMILES string of the molecule is COC(=O)C(NC(=O)c1cc2nc(N3CCCCC3)n(Cc3ccccc3C#N)c(=O)c2s1)C(C)C. The zero-order valence-electron chi connectivity index (χ0n) is 20.6. The minimum absolute atomic E-state index is 0.169. The van der Waals surface area contributed by atoms with E-state index in [4.69, 9.17) is 9.72 Å². The Morgan fingerprint density at radius 3 is 2.61 bits per heavy atom. The molecule has 0 radical (unpaired) electrons. The third-order valence-electron chi connectivity index (χ3n) is 6.35. The highest BCUT2D eigenvalue weighted by atomic mass is 32.1. The van der Waals surface area contributed by atoms with Gasteiger partial charge < -0.3 is 15.0 Å². The number of amides is 1. The van der Waals surface area contributed by atoms with E-state index in [0.29, 0.717) is 26.6 Å². The molecule has 188 valence electrons. The number of thiophene rings is 1. The van der Waals surface area contributed by atoms with Crippen molar-refractivity contribution in [1.82, 2.24) is 14.9 Å². The zero-order valence-corrected chi connectivity index (χ0v) is 21.4. The van der Waals surface area contributed by atoms with Crippen LogP contribution in [-0.2, 0) is 16.1 Å². The zero-order chi connectivity index (χ0) is 25.8. The summed E-state index contributed by atoms with van der Waals surface area (Å²) < 4.78 is 6.78. The number of benzene rings is 1. The van der Waals surface area contributed by atoms with Crippen LogP contribution >= 0.6 is 11.3 Å². The molecule has 2 aromatic heterocycles. The van der Waals surface area contributed by atoms with Crippen LogP contribution in [0.25, 0.3) is 10.2 Å². The van der Waals surface area contributed by atoms with Crippen molar-refractivity contribution in [3.8, 4) is 6.07 Å². The van der Waals surface area contributed by atoms with Crippen molar-refractivity contribution in [2.45, 2.75) is 45.7 Å². The number of carbonyl (C=O) groups is 2. The van der Waals surface area contributed by atoms with Crippen molar-refractivity contribution in [2.24, 2.45) is 5.92 Å². The van der Waals surface area contributed by atoms with E-state index in [1.165, 1.54) is 7.11 Å². The molecule has 10 heteroatoms. The minimum Gasteiger partial charge on any atom is -0.467 e. The molecular formula is C26H29N5O4S. The van der Waals surface area contributed by atoms with E-state index in [2.05, 4.69) is 16.3 Å². The summed E-state index contributed by atoms with van der Waals surface area (Å²) in [4.78, 5) is 46.1. The van der Waals surface area contributed by atoms with Crippen LogP contribution in [0, 0.1) is 17.2 Å². The number of methoxy groups -OCH3 is 1. The Bertz CT molecular complexity index is 1380. The number of nitrogens with one attached hydrogen (secondary N) is 1. The standard InChI is InChI=1S/C26H29N5O4S/c1-16(2)21(25(34)35-3)29-23(32)20-13-19-22(36-20)24(33)31(15-18-10-6-5-9-17(18)14-27)26(28-19)30-11-7-4-8-12-30/h5-6,9-10,13,16,21H,4,7-8,11-12,15H2,1-3H3,(H,29,32). The van der Waals surface area contributed by atoms with Gasteiger partial charge in [0.15, 0.2) is 0 Å². The first-order chi connectivity index (χ1) is 17.3. The van der Waals surface area contributed by atoms with Crippen LogP contribution in [0.3, 0.4) is 0 Å². The Hall–Kier alpha value is -3.71. The molecule has 3 heterocycles. The molecular weight excluding hydrogens is 478 g/mol. The summed E-state index contributed by atoms with van der Waals surface area (Å²) in [6.45, 7) is 5.40. The molecule has 1 aliphatic heterocycles. The molecule has 1 N–H and O–H groups in total. The van der Waals surface area contributed by atoms with Gasteiger partial charge >= 0.3 is 5.97 Å². The van der Waals surface area contributed by atoms with Gasteiger partial charge in [0.1, 0.15) is 10.7 Å². The van der Waals surface area contributed by atoms with E-state index in [0.717, 1.165) is 49.3 Å². The Morgan fingerprint density at radius 2 is 1.94 bits per heavy atom. The van der Waals surface area contributed by atoms with Crippen molar-refractivity contribution in [1.29, 1.82) is 5.26 Å². The lowest BCUT2D eigenvalue weighted by atomic mass is 10.0. The van der Waals surface area contributed by atoms with Crippen LogP contribution in [0.4, 0.5) is 5.95 Å². The fourth-order valence-electron chi connectivity index (χ4n) is 4.36. The van der Waals surface area contributed by atoms with E-state index < -0.39 is 17.9 Å². The maximum atomic E-state index is 13.7. The van der Waals surface area contributed by atoms with Crippen molar-refractivity contribution >= 4 is 39.4 Å². The highest BCUT2D eigenvalue weighted by Gasteiger charge is 2.27. The Kier molecular flexibility index (Phi) is 7.70. The van der Waals surface area contributed by atoms with Gasteiger partial charge in [-0.25, -0.2) is 9.78 Å². The molecule has 1 amide bonds. The summed E-state index contributed by atoms with van der Waals surface area (Å²) >= 11 is 1.05. The summed E-state index contributed by atoms with van der Waals surface area (Å²) in [6, 6.07) is 10.2. The molecule has 0 aliphatic carbocycles. The third kappa shape index (κ3) is 5.11. The van der Waals surface area contributed by atoms with Gasteiger partial charge in [0.25, 0.3) is 11.5 Å². The van der Waals surface area contributed by atoms with Crippen LogP contribution in [0.15, 0.2) is 35.1 Å². The predicted octanol–water partition coefficient (Wildman–Crippen LogP) is 3.30. The lowest BCUT2D eigenvalue weighted by Crippen LogP contribution is -2.44. The van der Waals surface area contributed by atoms with Crippen LogP contribution in [0.5, 0.6) is 0 Å². The first kappa shape index (κ1) is 25.4. The van der Waals surface area contributed by atoms with E-state index in [1.807, 2.05) is 26.0 Å². The number of carbonyl (C=O) groups excluding carboxylic acids is 2. The van der Waals surface area contributed by atoms with Gasteiger partial charge in [-0.1, -0.05) is 32.0 Å². The number of rotatable bonds is 7. The molecule has 9 nitrogen and oxygen atoms in total. The van der Waals surface area contributed by atoms with E-state index in [1.54, 1.807) is 22.8 Å². The lowest BCUT2D eigenvalue weighted by molar-refractivity contribution is -0.144. The van der Waals surface area contributed by atoms with Crippen molar-refractivity contribution < 1.29 is 14.3 Å². The number of aromatic nitrogens is 2. The first-order valence-electron chi connectivity index (χ1n) is 12.0.